The molecule has 118 valence electrons. The van der Waals surface area contributed by atoms with Gasteiger partial charge in [0.25, 0.3) is 0 Å². The average molecular weight is 308 g/mol. The molecule has 0 bridgehead atoms. The first kappa shape index (κ1) is 15.3. The van der Waals surface area contributed by atoms with Crippen molar-refractivity contribution in [3.05, 3.63) is 64.9 Å². The molecule has 0 saturated carbocycles. The predicted octanol–water partition coefficient (Wildman–Crippen LogP) is 4.79. The summed E-state index contributed by atoms with van der Waals surface area (Å²) in [4.78, 5) is 12.4. The van der Waals surface area contributed by atoms with Gasteiger partial charge in [-0.2, -0.15) is 0 Å². The number of unbranched alkanes of at least 4 members (excludes halogenated alkanes) is 1. The lowest BCUT2D eigenvalue weighted by molar-refractivity contribution is 0.101. The van der Waals surface area contributed by atoms with Crippen molar-refractivity contribution in [1.29, 1.82) is 0 Å². The molecule has 1 heterocycles. The number of fused-ring (bicyclic) bond motifs is 1. The molecule has 0 unspecified atom stereocenters. The summed E-state index contributed by atoms with van der Waals surface area (Å²) in [5.41, 5.74) is 2.60. The highest BCUT2D eigenvalue weighted by atomic mass is 16.5. The van der Waals surface area contributed by atoms with Crippen LogP contribution in [-0.4, -0.2) is 12.4 Å². The van der Waals surface area contributed by atoms with Crippen LogP contribution in [0, 0.1) is 6.92 Å². The molecule has 0 fully saturated rings. The molecule has 1 aliphatic heterocycles. The summed E-state index contributed by atoms with van der Waals surface area (Å²) in [5.74, 6) is 1.78. The van der Waals surface area contributed by atoms with Crippen LogP contribution in [0.2, 0.25) is 0 Å². The fraction of sp³-hybridized carbons (Fsp3) is 0.250. The number of ether oxygens (including phenoxy) is 2. The Morgan fingerprint density at radius 1 is 1.13 bits per heavy atom. The molecule has 0 aromatic heterocycles. The standard InChI is InChI=1S/C20H20O3/c1-3-4-11-22-16-8-6-15(7-9-16)13-19-20(21)17-12-14(2)5-10-18(17)23-19/h5-10,12-13H,3-4,11H2,1-2H3/b19-13-. The molecule has 0 atom stereocenters. The quantitative estimate of drug-likeness (QED) is 0.588. The molecular formula is C20H20O3. The van der Waals surface area contributed by atoms with E-state index in [1.54, 1.807) is 6.08 Å². The highest BCUT2D eigenvalue weighted by Crippen LogP contribution is 2.32. The maximum absolute atomic E-state index is 12.4. The molecule has 1 aliphatic rings. The summed E-state index contributed by atoms with van der Waals surface area (Å²) >= 11 is 0. The third-order valence-electron chi connectivity index (χ3n) is 3.77. The van der Waals surface area contributed by atoms with E-state index in [9.17, 15) is 4.79 Å². The van der Waals surface area contributed by atoms with E-state index in [4.69, 9.17) is 9.47 Å². The zero-order valence-corrected chi connectivity index (χ0v) is 13.5. The second kappa shape index (κ2) is 6.69. The molecule has 0 spiro atoms. The van der Waals surface area contributed by atoms with Crippen LogP contribution in [0.5, 0.6) is 11.5 Å². The predicted molar refractivity (Wildman–Crippen MR) is 91.0 cm³/mol. The van der Waals surface area contributed by atoms with E-state index >= 15 is 0 Å². The number of carbonyl (C=O) groups excluding carboxylic acids is 1. The van der Waals surface area contributed by atoms with Gasteiger partial charge < -0.3 is 9.47 Å². The van der Waals surface area contributed by atoms with Crippen LogP contribution in [0.3, 0.4) is 0 Å². The van der Waals surface area contributed by atoms with Crippen LogP contribution in [0.15, 0.2) is 48.2 Å². The van der Waals surface area contributed by atoms with E-state index in [0.29, 0.717) is 17.1 Å². The minimum Gasteiger partial charge on any atom is -0.494 e. The van der Waals surface area contributed by atoms with Gasteiger partial charge in [-0.1, -0.05) is 37.1 Å². The lowest BCUT2D eigenvalue weighted by atomic mass is 10.1. The van der Waals surface area contributed by atoms with Gasteiger partial charge in [0.15, 0.2) is 5.76 Å². The molecule has 0 aliphatic carbocycles. The first-order valence-corrected chi connectivity index (χ1v) is 7.95. The maximum Gasteiger partial charge on any atom is 0.231 e. The van der Waals surface area contributed by atoms with E-state index in [2.05, 4.69) is 6.92 Å². The number of Topliss-reactive ketones (excluding diaryl/α,β-unsaturated/α-hetero) is 1. The first-order chi connectivity index (χ1) is 11.2. The highest BCUT2D eigenvalue weighted by Gasteiger charge is 2.27. The summed E-state index contributed by atoms with van der Waals surface area (Å²) in [5, 5.41) is 0. The minimum absolute atomic E-state index is 0.0630. The molecule has 0 amide bonds. The summed E-state index contributed by atoms with van der Waals surface area (Å²) in [7, 11) is 0. The van der Waals surface area contributed by atoms with Gasteiger partial charge in [-0.25, -0.2) is 0 Å². The van der Waals surface area contributed by atoms with Gasteiger partial charge in [-0.15, -0.1) is 0 Å². The number of aryl methyl sites for hydroxylation is 1. The number of carbonyl (C=O) groups is 1. The van der Waals surface area contributed by atoms with Crippen molar-refractivity contribution in [3.63, 3.8) is 0 Å². The SMILES string of the molecule is CCCCOc1ccc(/C=C2\Oc3ccc(C)cc3C2=O)cc1. The monoisotopic (exact) mass is 308 g/mol. The topological polar surface area (TPSA) is 35.5 Å². The lowest BCUT2D eigenvalue weighted by Crippen LogP contribution is -1.98. The normalized spacial score (nSPS) is 14.7. The van der Waals surface area contributed by atoms with Crippen LogP contribution < -0.4 is 9.47 Å². The summed E-state index contributed by atoms with van der Waals surface area (Å²) in [6.45, 7) is 4.83. The van der Waals surface area contributed by atoms with Crippen LogP contribution in [0.1, 0.15) is 41.3 Å². The lowest BCUT2D eigenvalue weighted by Gasteiger charge is -2.05. The Morgan fingerprint density at radius 3 is 2.65 bits per heavy atom. The Morgan fingerprint density at radius 2 is 1.91 bits per heavy atom. The van der Waals surface area contributed by atoms with Crippen molar-refractivity contribution in [2.45, 2.75) is 26.7 Å². The Hall–Kier alpha value is -2.55. The number of hydrogen-bond acceptors (Lipinski definition) is 3. The third kappa shape index (κ3) is 3.45. The second-order valence-corrected chi connectivity index (χ2v) is 5.71. The van der Waals surface area contributed by atoms with Crippen LogP contribution in [0.25, 0.3) is 6.08 Å². The summed E-state index contributed by atoms with van der Waals surface area (Å²) in [6, 6.07) is 13.3. The number of allylic oxidation sites excluding steroid dienone is 1. The van der Waals surface area contributed by atoms with Crippen LogP contribution in [0.4, 0.5) is 0 Å². The molecule has 2 aromatic rings. The van der Waals surface area contributed by atoms with Crippen LogP contribution in [-0.2, 0) is 0 Å². The van der Waals surface area contributed by atoms with Crippen molar-refractivity contribution < 1.29 is 14.3 Å². The third-order valence-corrected chi connectivity index (χ3v) is 3.77. The minimum atomic E-state index is -0.0630. The average Bonchev–Trinajstić information content (AvgIpc) is 2.85. The van der Waals surface area contributed by atoms with Gasteiger partial charge in [-0.3, -0.25) is 4.79 Å². The second-order valence-electron chi connectivity index (χ2n) is 5.71. The molecule has 3 rings (SSSR count). The van der Waals surface area contributed by atoms with Gasteiger partial charge in [-0.05, 0) is 49.2 Å². The Bertz CT molecular complexity index is 742. The zero-order valence-electron chi connectivity index (χ0n) is 13.5. The van der Waals surface area contributed by atoms with Crippen molar-refractivity contribution >= 4 is 11.9 Å². The van der Waals surface area contributed by atoms with Gasteiger partial charge in [0, 0.05) is 0 Å². The molecule has 3 nitrogen and oxygen atoms in total. The summed E-state index contributed by atoms with van der Waals surface area (Å²) < 4.78 is 11.3. The molecule has 0 radical (unpaired) electrons. The summed E-state index contributed by atoms with van der Waals surface area (Å²) in [6.07, 6.45) is 3.93. The van der Waals surface area contributed by atoms with E-state index in [1.165, 1.54) is 0 Å². The molecule has 3 heteroatoms. The fourth-order valence-corrected chi connectivity index (χ4v) is 2.45. The van der Waals surface area contributed by atoms with Gasteiger partial charge in [0.1, 0.15) is 11.5 Å². The molecule has 23 heavy (non-hydrogen) atoms. The Balaban J connectivity index is 1.74. The van der Waals surface area contributed by atoms with Gasteiger partial charge in [0.05, 0.1) is 12.2 Å². The largest absolute Gasteiger partial charge is 0.494 e. The highest BCUT2D eigenvalue weighted by molar-refractivity contribution is 6.14. The van der Waals surface area contributed by atoms with Crippen LogP contribution >= 0.6 is 0 Å². The van der Waals surface area contributed by atoms with Crippen molar-refractivity contribution in [1.82, 2.24) is 0 Å². The number of ketones is 1. The van der Waals surface area contributed by atoms with Crippen molar-refractivity contribution in [2.24, 2.45) is 0 Å². The molecule has 2 aromatic carbocycles. The van der Waals surface area contributed by atoms with Gasteiger partial charge in [0.2, 0.25) is 5.78 Å². The maximum atomic E-state index is 12.4. The number of hydrogen-bond donors (Lipinski definition) is 0. The van der Waals surface area contributed by atoms with E-state index in [1.807, 2.05) is 49.4 Å². The first-order valence-electron chi connectivity index (χ1n) is 7.95. The smallest absolute Gasteiger partial charge is 0.231 e. The van der Waals surface area contributed by atoms with Gasteiger partial charge >= 0.3 is 0 Å². The molecule has 0 saturated heterocycles. The fourth-order valence-electron chi connectivity index (χ4n) is 2.45. The van der Waals surface area contributed by atoms with E-state index in [-0.39, 0.29) is 5.78 Å². The molecule has 0 N–H and O–H groups in total. The zero-order chi connectivity index (χ0) is 16.2. The Kier molecular flexibility index (Phi) is 4.47. The van der Waals surface area contributed by atoms with Crippen molar-refractivity contribution in [3.8, 4) is 11.5 Å². The number of rotatable bonds is 5. The number of benzene rings is 2. The molecular weight excluding hydrogens is 288 g/mol. The van der Waals surface area contributed by atoms with E-state index in [0.717, 1.165) is 36.3 Å². The Labute approximate surface area is 136 Å². The van der Waals surface area contributed by atoms with E-state index < -0.39 is 0 Å². The van der Waals surface area contributed by atoms with Crippen molar-refractivity contribution in [2.75, 3.05) is 6.61 Å².